The molecule has 0 bridgehead atoms. The molecular formula is C20H20BrNO6S. The molecule has 0 spiro atoms. The van der Waals surface area contributed by atoms with Gasteiger partial charge in [0.1, 0.15) is 9.84 Å². The lowest BCUT2D eigenvalue weighted by atomic mass is 10.1. The maximum atomic E-state index is 13.1. The third-order valence-corrected chi connectivity index (χ3v) is 6.12. The van der Waals surface area contributed by atoms with Crippen LogP contribution in [-0.2, 0) is 9.84 Å². The van der Waals surface area contributed by atoms with Gasteiger partial charge >= 0.3 is 0 Å². The number of hydrogen-bond acceptors (Lipinski definition) is 6. The third kappa shape index (κ3) is 4.16. The molecule has 0 aromatic heterocycles. The molecule has 7 nitrogen and oxygen atoms in total. The Kier molecular flexibility index (Phi) is 6.00. The number of ether oxygens (including phenoxy) is 2. The zero-order chi connectivity index (χ0) is 21.3. The minimum absolute atomic E-state index is 0.231. The Bertz CT molecular complexity index is 1080. The van der Waals surface area contributed by atoms with Crippen molar-refractivity contribution in [2.75, 3.05) is 25.7 Å². The molecule has 3 rings (SSSR count). The van der Waals surface area contributed by atoms with Crippen LogP contribution < -0.4 is 9.47 Å². The van der Waals surface area contributed by atoms with Gasteiger partial charge in [-0.25, -0.2) is 8.42 Å². The van der Waals surface area contributed by atoms with Gasteiger partial charge in [0.25, 0.3) is 11.8 Å². The number of halogens is 1. The molecule has 1 atom stereocenters. The summed E-state index contributed by atoms with van der Waals surface area (Å²) in [6.07, 6.45) is 1.07. The van der Waals surface area contributed by atoms with Gasteiger partial charge in [-0.2, -0.15) is 0 Å². The topological polar surface area (TPSA) is 90.0 Å². The molecule has 154 valence electrons. The summed E-state index contributed by atoms with van der Waals surface area (Å²) in [6.45, 7) is 2.18. The molecule has 1 aliphatic heterocycles. The fraction of sp³-hybridized carbons (Fsp3) is 0.300. The highest BCUT2D eigenvalue weighted by Crippen LogP contribution is 2.38. The quantitative estimate of drug-likeness (QED) is 0.563. The Morgan fingerprint density at radius 2 is 1.83 bits per heavy atom. The lowest BCUT2D eigenvalue weighted by Crippen LogP contribution is -2.37. The first-order valence-corrected chi connectivity index (χ1v) is 11.7. The number of methoxy groups -OCH3 is 1. The average molecular weight is 482 g/mol. The van der Waals surface area contributed by atoms with E-state index in [0.29, 0.717) is 28.1 Å². The van der Waals surface area contributed by atoms with E-state index in [1.807, 2.05) is 6.92 Å². The molecule has 2 aromatic rings. The zero-order valence-corrected chi connectivity index (χ0v) is 18.5. The molecular weight excluding hydrogens is 462 g/mol. The highest BCUT2D eigenvalue weighted by molar-refractivity contribution is 9.10. The fourth-order valence-corrected chi connectivity index (χ4v) is 4.77. The fourth-order valence-electron chi connectivity index (χ4n) is 3.32. The molecule has 2 aromatic carbocycles. The van der Waals surface area contributed by atoms with Crippen molar-refractivity contribution < 1.29 is 27.5 Å². The number of imide groups is 1. The molecule has 9 heteroatoms. The molecule has 1 heterocycles. The summed E-state index contributed by atoms with van der Waals surface area (Å²) < 4.78 is 35.6. The molecule has 0 N–H and O–H groups in total. The van der Waals surface area contributed by atoms with Crippen LogP contribution in [0.5, 0.6) is 11.5 Å². The van der Waals surface area contributed by atoms with E-state index in [-0.39, 0.29) is 11.1 Å². The van der Waals surface area contributed by atoms with Gasteiger partial charge in [0.2, 0.25) is 0 Å². The largest absolute Gasteiger partial charge is 0.493 e. The molecule has 0 aliphatic carbocycles. The van der Waals surface area contributed by atoms with Crippen LogP contribution in [0.4, 0.5) is 0 Å². The van der Waals surface area contributed by atoms with Crippen molar-refractivity contribution in [3.8, 4) is 11.5 Å². The van der Waals surface area contributed by atoms with Crippen LogP contribution >= 0.6 is 15.9 Å². The van der Waals surface area contributed by atoms with Crippen molar-refractivity contribution in [1.29, 1.82) is 0 Å². The zero-order valence-electron chi connectivity index (χ0n) is 16.1. The van der Waals surface area contributed by atoms with Crippen molar-refractivity contribution in [3.05, 3.63) is 57.6 Å². The Morgan fingerprint density at radius 3 is 2.41 bits per heavy atom. The number of rotatable bonds is 7. The van der Waals surface area contributed by atoms with Gasteiger partial charge in [0, 0.05) is 10.7 Å². The number of sulfone groups is 1. The molecule has 0 saturated heterocycles. The first-order chi connectivity index (χ1) is 13.7. The number of benzene rings is 2. The second kappa shape index (κ2) is 8.16. The smallest absolute Gasteiger partial charge is 0.263 e. The van der Waals surface area contributed by atoms with Crippen molar-refractivity contribution in [2.45, 2.75) is 13.0 Å². The first kappa shape index (κ1) is 21.3. The predicted molar refractivity (Wildman–Crippen MR) is 111 cm³/mol. The highest BCUT2D eigenvalue weighted by atomic mass is 79.9. The summed E-state index contributed by atoms with van der Waals surface area (Å²) in [5.41, 5.74) is 0.932. The highest BCUT2D eigenvalue weighted by Gasteiger charge is 2.43. The number of nitrogens with zero attached hydrogens (tertiary/aromatic N) is 1. The van der Waals surface area contributed by atoms with Crippen LogP contribution in [-0.4, -0.2) is 50.9 Å². The van der Waals surface area contributed by atoms with Crippen molar-refractivity contribution in [3.63, 3.8) is 0 Å². The normalized spacial score (nSPS) is 14.7. The average Bonchev–Trinajstić information content (AvgIpc) is 2.91. The van der Waals surface area contributed by atoms with Crippen molar-refractivity contribution in [1.82, 2.24) is 4.90 Å². The summed E-state index contributed by atoms with van der Waals surface area (Å²) in [4.78, 5) is 27.1. The van der Waals surface area contributed by atoms with Gasteiger partial charge in [0.15, 0.2) is 11.5 Å². The molecule has 0 unspecified atom stereocenters. The maximum absolute atomic E-state index is 13.1. The van der Waals surface area contributed by atoms with Crippen molar-refractivity contribution in [2.24, 2.45) is 0 Å². The molecule has 1 aliphatic rings. The Balaban J connectivity index is 2.13. The van der Waals surface area contributed by atoms with Gasteiger partial charge in [-0.15, -0.1) is 0 Å². The SMILES string of the molecule is CCOc1cc([C@@H](CS(C)(=O)=O)N2C(=O)c3cccc(Br)c3C2=O)ccc1OC. The summed E-state index contributed by atoms with van der Waals surface area (Å²) >= 11 is 3.31. The summed E-state index contributed by atoms with van der Waals surface area (Å²) in [6, 6.07) is 8.74. The van der Waals surface area contributed by atoms with Crippen LogP contribution in [0, 0.1) is 0 Å². The standard InChI is InChI=1S/C20H20BrNO6S/c1-4-28-17-10-12(8-9-16(17)27-2)15(11-29(3,25)26)22-19(23)13-6-5-7-14(21)18(13)20(22)24/h5-10,15H,4,11H2,1-3H3/t15-/m1/s1. The summed E-state index contributed by atoms with van der Waals surface area (Å²) in [5.74, 6) is -0.607. The van der Waals surface area contributed by atoms with E-state index in [9.17, 15) is 18.0 Å². The van der Waals surface area contributed by atoms with Crippen LogP contribution in [0.1, 0.15) is 39.2 Å². The number of hydrogen-bond donors (Lipinski definition) is 0. The van der Waals surface area contributed by atoms with E-state index >= 15 is 0 Å². The Morgan fingerprint density at radius 1 is 1.10 bits per heavy atom. The van der Waals surface area contributed by atoms with Crippen LogP contribution in [0.3, 0.4) is 0 Å². The Hall–Kier alpha value is -2.39. The van der Waals surface area contributed by atoms with E-state index in [1.165, 1.54) is 7.11 Å². The molecule has 29 heavy (non-hydrogen) atoms. The van der Waals surface area contributed by atoms with E-state index in [1.54, 1.807) is 36.4 Å². The van der Waals surface area contributed by atoms with Crippen molar-refractivity contribution >= 4 is 37.6 Å². The number of fused-ring (bicyclic) bond motifs is 1. The maximum Gasteiger partial charge on any atom is 0.263 e. The number of carbonyl (C=O) groups is 2. The Labute approximate surface area is 177 Å². The van der Waals surface area contributed by atoms with E-state index in [2.05, 4.69) is 15.9 Å². The molecule has 0 saturated carbocycles. The first-order valence-electron chi connectivity index (χ1n) is 8.82. The minimum Gasteiger partial charge on any atom is -0.493 e. The minimum atomic E-state index is -3.52. The van der Waals surface area contributed by atoms with Crippen LogP contribution in [0.25, 0.3) is 0 Å². The number of carbonyl (C=O) groups excluding carboxylic acids is 2. The van der Waals surface area contributed by atoms with E-state index < -0.39 is 33.4 Å². The lowest BCUT2D eigenvalue weighted by molar-refractivity contribution is 0.0597. The second-order valence-corrected chi connectivity index (χ2v) is 9.63. The monoisotopic (exact) mass is 481 g/mol. The summed E-state index contributed by atoms with van der Waals surface area (Å²) in [7, 11) is -2.03. The van der Waals surface area contributed by atoms with Gasteiger partial charge in [0.05, 0.1) is 36.6 Å². The number of amides is 2. The third-order valence-electron chi connectivity index (χ3n) is 4.54. The summed E-state index contributed by atoms with van der Waals surface area (Å²) in [5, 5.41) is 0. The van der Waals surface area contributed by atoms with Gasteiger partial charge < -0.3 is 9.47 Å². The second-order valence-electron chi connectivity index (χ2n) is 6.59. The van der Waals surface area contributed by atoms with Crippen LogP contribution in [0.2, 0.25) is 0 Å². The lowest BCUT2D eigenvalue weighted by Gasteiger charge is -2.26. The van der Waals surface area contributed by atoms with Gasteiger partial charge in [-0.05, 0) is 52.7 Å². The molecule has 0 radical (unpaired) electrons. The molecule has 0 fully saturated rings. The molecule has 2 amide bonds. The van der Waals surface area contributed by atoms with E-state index in [0.717, 1.165) is 11.2 Å². The van der Waals surface area contributed by atoms with E-state index in [4.69, 9.17) is 9.47 Å². The van der Waals surface area contributed by atoms with Gasteiger partial charge in [-0.1, -0.05) is 12.1 Å². The van der Waals surface area contributed by atoms with Crippen LogP contribution in [0.15, 0.2) is 40.9 Å². The predicted octanol–water partition coefficient (Wildman–Crippen LogP) is 3.24. The van der Waals surface area contributed by atoms with Gasteiger partial charge in [-0.3, -0.25) is 14.5 Å².